The van der Waals surface area contributed by atoms with Crippen molar-refractivity contribution in [2.24, 2.45) is 0 Å². The van der Waals surface area contributed by atoms with E-state index in [-0.39, 0.29) is 29.1 Å². The van der Waals surface area contributed by atoms with Gasteiger partial charge in [0.05, 0.1) is 9.82 Å². The highest BCUT2D eigenvalue weighted by molar-refractivity contribution is 7.89. The molecular formula is C15H22N4O5S. The summed E-state index contributed by atoms with van der Waals surface area (Å²) in [4.78, 5) is 22.4. The average molecular weight is 370 g/mol. The second kappa shape index (κ2) is 7.89. The number of likely N-dealkylation sites (N-methyl/N-ethyl adjacent to an activating group) is 1. The van der Waals surface area contributed by atoms with Gasteiger partial charge in [0.2, 0.25) is 15.9 Å². The molecule has 0 saturated carbocycles. The monoisotopic (exact) mass is 370 g/mol. The van der Waals surface area contributed by atoms with E-state index in [0.29, 0.717) is 19.4 Å². The summed E-state index contributed by atoms with van der Waals surface area (Å²) in [7, 11) is -2.21. The van der Waals surface area contributed by atoms with Gasteiger partial charge < -0.3 is 10.6 Å². The minimum atomic E-state index is -3.98. The fourth-order valence-corrected chi connectivity index (χ4v) is 4.35. The predicted molar refractivity (Wildman–Crippen MR) is 91.5 cm³/mol. The van der Waals surface area contributed by atoms with Crippen LogP contribution in [0, 0.1) is 10.1 Å². The van der Waals surface area contributed by atoms with Crippen molar-refractivity contribution in [2.45, 2.75) is 36.7 Å². The second-order valence-corrected chi connectivity index (χ2v) is 7.85. The van der Waals surface area contributed by atoms with Crippen molar-refractivity contribution in [3.8, 4) is 0 Å². The number of nitro benzene ring substituents is 1. The molecule has 2 unspecified atom stereocenters. The molecule has 2 N–H and O–H groups in total. The molecule has 0 bridgehead atoms. The van der Waals surface area contributed by atoms with Gasteiger partial charge in [-0.15, -0.1) is 0 Å². The number of carbonyl (C=O) groups excluding carboxylic acids is 1. The number of nitrogens with one attached hydrogen (secondary N) is 2. The summed E-state index contributed by atoms with van der Waals surface area (Å²) in [6.45, 7) is 2.49. The lowest BCUT2D eigenvalue weighted by atomic mass is 10.2. The second-order valence-electron chi connectivity index (χ2n) is 5.96. The zero-order valence-electron chi connectivity index (χ0n) is 14.1. The number of hydrogen-bond donors (Lipinski definition) is 2. The SMILES string of the molecule is CNC(C)CNC(=O)C1CCCN1S(=O)(=O)c1cccc([N+](=O)[O-])c1. The number of rotatable bonds is 7. The topological polar surface area (TPSA) is 122 Å². The lowest BCUT2D eigenvalue weighted by molar-refractivity contribution is -0.385. The van der Waals surface area contributed by atoms with E-state index in [4.69, 9.17) is 0 Å². The number of amides is 1. The Labute approximate surface area is 146 Å². The molecule has 138 valence electrons. The maximum absolute atomic E-state index is 12.8. The molecule has 0 spiro atoms. The molecule has 1 fully saturated rings. The lowest BCUT2D eigenvalue weighted by Gasteiger charge is -2.24. The lowest BCUT2D eigenvalue weighted by Crippen LogP contribution is -2.48. The van der Waals surface area contributed by atoms with Crippen LogP contribution in [0.5, 0.6) is 0 Å². The normalized spacial score (nSPS) is 19.5. The Morgan fingerprint density at radius 1 is 1.48 bits per heavy atom. The Kier molecular flexibility index (Phi) is 6.09. The van der Waals surface area contributed by atoms with Gasteiger partial charge in [0.1, 0.15) is 6.04 Å². The van der Waals surface area contributed by atoms with Gasteiger partial charge in [0.25, 0.3) is 5.69 Å². The molecule has 1 aliphatic heterocycles. The molecule has 1 aromatic rings. The molecule has 25 heavy (non-hydrogen) atoms. The maximum atomic E-state index is 12.8. The predicted octanol–water partition coefficient (Wildman–Crippen LogP) is 0.472. The molecular weight excluding hydrogens is 348 g/mol. The number of non-ortho nitro benzene ring substituents is 1. The minimum Gasteiger partial charge on any atom is -0.353 e. The summed E-state index contributed by atoms with van der Waals surface area (Å²) < 4.78 is 26.8. The molecule has 2 rings (SSSR count). The highest BCUT2D eigenvalue weighted by Gasteiger charge is 2.39. The van der Waals surface area contributed by atoms with E-state index in [1.165, 1.54) is 18.2 Å². The Balaban J connectivity index is 2.21. The van der Waals surface area contributed by atoms with Crippen LogP contribution in [0.2, 0.25) is 0 Å². The summed E-state index contributed by atoms with van der Waals surface area (Å²) >= 11 is 0. The van der Waals surface area contributed by atoms with E-state index in [2.05, 4.69) is 10.6 Å². The van der Waals surface area contributed by atoms with Gasteiger partial charge >= 0.3 is 0 Å². The Morgan fingerprint density at radius 3 is 2.84 bits per heavy atom. The van der Waals surface area contributed by atoms with Crippen LogP contribution < -0.4 is 10.6 Å². The van der Waals surface area contributed by atoms with Crippen molar-refractivity contribution < 1.29 is 18.1 Å². The molecule has 0 radical (unpaired) electrons. The van der Waals surface area contributed by atoms with Gasteiger partial charge in [-0.25, -0.2) is 8.42 Å². The number of hydrogen-bond acceptors (Lipinski definition) is 6. The van der Waals surface area contributed by atoms with Gasteiger partial charge in [0, 0.05) is 31.3 Å². The molecule has 0 aliphatic carbocycles. The zero-order valence-corrected chi connectivity index (χ0v) is 15.0. The summed E-state index contributed by atoms with van der Waals surface area (Å²) in [6.07, 6.45) is 0.988. The molecule has 2 atom stereocenters. The van der Waals surface area contributed by atoms with Crippen LogP contribution in [0.3, 0.4) is 0 Å². The van der Waals surface area contributed by atoms with E-state index in [1.54, 1.807) is 7.05 Å². The Morgan fingerprint density at radius 2 is 2.20 bits per heavy atom. The molecule has 10 heteroatoms. The average Bonchev–Trinajstić information content (AvgIpc) is 3.10. The van der Waals surface area contributed by atoms with Crippen LogP contribution >= 0.6 is 0 Å². The first kappa shape index (κ1) is 19.3. The van der Waals surface area contributed by atoms with Crippen molar-refractivity contribution in [3.63, 3.8) is 0 Å². The fraction of sp³-hybridized carbons (Fsp3) is 0.533. The molecule has 9 nitrogen and oxygen atoms in total. The summed E-state index contributed by atoms with van der Waals surface area (Å²) in [5.74, 6) is -0.353. The van der Waals surface area contributed by atoms with Crippen molar-refractivity contribution in [3.05, 3.63) is 34.4 Å². The summed E-state index contributed by atoms with van der Waals surface area (Å²) in [5, 5.41) is 16.6. The van der Waals surface area contributed by atoms with Gasteiger partial charge in [-0.1, -0.05) is 6.07 Å². The van der Waals surface area contributed by atoms with E-state index in [9.17, 15) is 23.3 Å². The third kappa shape index (κ3) is 4.33. The molecule has 1 aromatic carbocycles. The molecule has 1 heterocycles. The number of nitrogens with zero attached hydrogens (tertiary/aromatic N) is 2. The largest absolute Gasteiger partial charge is 0.353 e. The van der Waals surface area contributed by atoms with E-state index < -0.39 is 21.0 Å². The van der Waals surface area contributed by atoms with Crippen molar-refractivity contribution in [1.82, 2.24) is 14.9 Å². The standard InChI is InChI=1S/C15H22N4O5S/c1-11(16-2)10-17-15(20)14-7-4-8-18(14)25(23,24)13-6-3-5-12(9-13)19(21)22/h3,5-6,9,11,14,16H,4,7-8,10H2,1-2H3,(H,17,20). The van der Waals surface area contributed by atoms with Crippen LogP contribution in [0.25, 0.3) is 0 Å². The van der Waals surface area contributed by atoms with Gasteiger partial charge in [-0.2, -0.15) is 4.31 Å². The quantitative estimate of drug-likeness (QED) is 0.531. The first-order chi connectivity index (χ1) is 11.8. The Bertz CT molecular complexity index is 752. The maximum Gasteiger partial charge on any atom is 0.270 e. The summed E-state index contributed by atoms with van der Waals surface area (Å²) in [5.41, 5.74) is -0.302. The van der Waals surface area contributed by atoms with Crippen LogP contribution in [-0.4, -0.2) is 55.8 Å². The third-order valence-corrected chi connectivity index (χ3v) is 6.12. The van der Waals surface area contributed by atoms with Crippen molar-refractivity contribution >= 4 is 21.6 Å². The van der Waals surface area contributed by atoms with Crippen LogP contribution in [0.1, 0.15) is 19.8 Å². The van der Waals surface area contributed by atoms with Crippen LogP contribution in [0.15, 0.2) is 29.2 Å². The first-order valence-corrected chi connectivity index (χ1v) is 9.42. The van der Waals surface area contributed by atoms with Crippen molar-refractivity contribution in [1.29, 1.82) is 0 Å². The third-order valence-electron chi connectivity index (χ3n) is 4.22. The van der Waals surface area contributed by atoms with Gasteiger partial charge in [-0.05, 0) is 32.9 Å². The van der Waals surface area contributed by atoms with Crippen molar-refractivity contribution in [2.75, 3.05) is 20.1 Å². The smallest absolute Gasteiger partial charge is 0.270 e. The number of benzene rings is 1. The number of sulfonamides is 1. The Hall–Kier alpha value is -2.04. The van der Waals surface area contributed by atoms with E-state index in [0.717, 1.165) is 10.4 Å². The highest BCUT2D eigenvalue weighted by Crippen LogP contribution is 2.28. The molecule has 1 aliphatic rings. The molecule has 1 saturated heterocycles. The van der Waals surface area contributed by atoms with Gasteiger partial charge in [0.15, 0.2) is 0 Å². The minimum absolute atomic E-state index is 0.0622. The highest BCUT2D eigenvalue weighted by atomic mass is 32.2. The first-order valence-electron chi connectivity index (χ1n) is 7.98. The fourth-order valence-electron chi connectivity index (χ4n) is 2.66. The molecule has 0 aromatic heterocycles. The summed E-state index contributed by atoms with van der Waals surface area (Å²) in [6, 6.07) is 4.14. The van der Waals surface area contributed by atoms with Gasteiger partial charge in [-0.3, -0.25) is 14.9 Å². The zero-order chi connectivity index (χ0) is 18.6. The van der Waals surface area contributed by atoms with Crippen LogP contribution in [0.4, 0.5) is 5.69 Å². The number of carbonyl (C=O) groups is 1. The molecule has 1 amide bonds. The van der Waals surface area contributed by atoms with E-state index >= 15 is 0 Å². The number of nitro groups is 1. The van der Waals surface area contributed by atoms with E-state index in [1.807, 2.05) is 6.92 Å². The van der Waals surface area contributed by atoms with Crippen LogP contribution in [-0.2, 0) is 14.8 Å².